The molecule has 0 saturated carbocycles. The van der Waals surface area contributed by atoms with Gasteiger partial charge in [0.25, 0.3) is 0 Å². The highest BCUT2D eigenvalue weighted by molar-refractivity contribution is 14.1. The Bertz CT molecular complexity index is 943. The number of allylic oxidation sites excluding steroid dienone is 2. The van der Waals surface area contributed by atoms with E-state index in [1.54, 1.807) is 17.4 Å². The second kappa shape index (κ2) is 7.61. The molecule has 0 amide bonds. The van der Waals surface area contributed by atoms with Gasteiger partial charge < -0.3 is 4.74 Å². The predicted octanol–water partition coefficient (Wildman–Crippen LogP) is 6.89. The summed E-state index contributed by atoms with van der Waals surface area (Å²) in [4.78, 5) is 0. The van der Waals surface area contributed by atoms with Crippen LogP contribution < -0.4 is 0 Å². The normalized spacial score (nSPS) is 18.4. The Morgan fingerprint density at radius 2 is 1.76 bits per heavy atom. The molecule has 1 unspecified atom stereocenters. The molecular formula is C23H21IO. The van der Waals surface area contributed by atoms with Crippen LogP contribution in [0, 0.1) is 0 Å². The smallest absolute Gasteiger partial charge is 0.106 e. The molecule has 0 bridgehead atoms. The second-order valence-electron chi connectivity index (χ2n) is 6.47. The summed E-state index contributed by atoms with van der Waals surface area (Å²) < 4.78 is 5.47. The van der Waals surface area contributed by atoms with Crippen LogP contribution >= 0.6 is 22.6 Å². The monoisotopic (exact) mass is 440 g/mol. The van der Waals surface area contributed by atoms with Gasteiger partial charge in [0.1, 0.15) is 6.61 Å². The zero-order chi connectivity index (χ0) is 17.1. The van der Waals surface area contributed by atoms with Crippen LogP contribution in [0.2, 0.25) is 0 Å². The Labute approximate surface area is 162 Å². The molecule has 2 heteroatoms. The molecule has 0 fully saturated rings. The first-order valence-electron chi connectivity index (χ1n) is 8.85. The van der Waals surface area contributed by atoms with Crippen LogP contribution in [0.3, 0.4) is 0 Å². The van der Waals surface area contributed by atoms with Crippen molar-refractivity contribution in [3.63, 3.8) is 0 Å². The van der Waals surface area contributed by atoms with Crippen molar-refractivity contribution in [3.05, 3.63) is 84.1 Å². The van der Waals surface area contributed by atoms with E-state index in [1.807, 2.05) is 18.2 Å². The number of halogens is 1. The fraction of sp³-hybridized carbons (Fsp3) is 0.217. The highest BCUT2D eigenvalue weighted by Gasteiger charge is 2.20. The molecular weight excluding hydrogens is 419 g/mol. The van der Waals surface area contributed by atoms with Gasteiger partial charge in [-0.3, -0.25) is 0 Å². The molecule has 1 aliphatic heterocycles. The molecule has 1 heterocycles. The number of rotatable bonds is 0. The van der Waals surface area contributed by atoms with Crippen LogP contribution in [0.5, 0.6) is 0 Å². The first kappa shape index (κ1) is 16.6. The standard InChI is InChI=1S/C18H15I.C5H6O/c19-17-7-3-5-13-9-10-15-14-6-2-1-4-12(14)8-11-16(15)18(13)17;1-2-4-6-5-3-1/h1-2,4,6,8-11,17H,3,5,7H2;1-4H,5H2. The van der Waals surface area contributed by atoms with Gasteiger partial charge in [-0.05, 0) is 64.1 Å². The van der Waals surface area contributed by atoms with Crippen molar-refractivity contribution in [2.45, 2.75) is 23.2 Å². The summed E-state index contributed by atoms with van der Waals surface area (Å²) in [6, 6.07) is 18.0. The summed E-state index contributed by atoms with van der Waals surface area (Å²) in [6.07, 6.45) is 11.4. The Hall–Kier alpha value is -1.81. The molecule has 0 N–H and O–H groups in total. The first-order valence-corrected chi connectivity index (χ1v) is 10.1. The van der Waals surface area contributed by atoms with Crippen LogP contribution in [-0.2, 0) is 11.2 Å². The Balaban J connectivity index is 0.000000223. The van der Waals surface area contributed by atoms with Gasteiger partial charge in [0.15, 0.2) is 0 Å². The molecule has 3 aromatic carbocycles. The molecule has 1 aliphatic carbocycles. The summed E-state index contributed by atoms with van der Waals surface area (Å²) in [5, 5.41) is 5.61. The molecule has 0 spiro atoms. The fourth-order valence-corrected chi connectivity index (χ4v) is 4.88. The zero-order valence-electron chi connectivity index (χ0n) is 14.1. The quantitative estimate of drug-likeness (QED) is 0.210. The fourth-order valence-electron chi connectivity index (χ4n) is 3.71. The minimum absolute atomic E-state index is 0.672. The van der Waals surface area contributed by atoms with Crippen molar-refractivity contribution in [3.8, 4) is 0 Å². The number of hydrogen-bond acceptors (Lipinski definition) is 1. The highest BCUT2D eigenvalue weighted by Crippen LogP contribution is 2.42. The summed E-state index contributed by atoms with van der Waals surface area (Å²) in [5.41, 5.74) is 3.16. The third-order valence-electron chi connectivity index (χ3n) is 4.89. The second-order valence-corrected chi connectivity index (χ2v) is 7.97. The van der Waals surface area contributed by atoms with Gasteiger partial charge in [-0.1, -0.05) is 77.2 Å². The molecule has 25 heavy (non-hydrogen) atoms. The summed E-state index contributed by atoms with van der Waals surface area (Å²) in [5.74, 6) is 0. The zero-order valence-corrected chi connectivity index (χ0v) is 16.3. The number of fused-ring (bicyclic) bond motifs is 5. The molecule has 0 aromatic heterocycles. The number of hydrogen-bond donors (Lipinski definition) is 0. The van der Waals surface area contributed by atoms with Crippen molar-refractivity contribution in [2.75, 3.05) is 6.61 Å². The van der Waals surface area contributed by atoms with Crippen LogP contribution in [0.4, 0.5) is 0 Å². The average Bonchev–Trinajstić information content (AvgIpc) is 2.69. The van der Waals surface area contributed by atoms with Gasteiger partial charge in [0.05, 0.1) is 6.26 Å². The van der Waals surface area contributed by atoms with Gasteiger partial charge in [0.2, 0.25) is 0 Å². The molecule has 1 nitrogen and oxygen atoms in total. The topological polar surface area (TPSA) is 9.23 Å². The van der Waals surface area contributed by atoms with E-state index in [9.17, 15) is 0 Å². The third-order valence-corrected chi connectivity index (χ3v) is 6.13. The van der Waals surface area contributed by atoms with Gasteiger partial charge in [-0.2, -0.15) is 0 Å². The molecule has 0 saturated heterocycles. The lowest BCUT2D eigenvalue weighted by Crippen LogP contribution is -2.05. The lowest BCUT2D eigenvalue weighted by Gasteiger charge is -2.23. The highest BCUT2D eigenvalue weighted by atomic mass is 127. The van der Waals surface area contributed by atoms with Crippen LogP contribution in [0.15, 0.2) is 73.0 Å². The van der Waals surface area contributed by atoms with E-state index in [0.717, 1.165) is 6.61 Å². The lowest BCUT2D eigenvalue weighted by atomic mass is 9.86. The average molecular weight is 440 g/mol. The Kier molecular flexibility index (Phi) is 5.07. The van der Waals surface area contributed by atoms with E-state index in [0.29, 0.717) is 3.92 Å². The number of ether oxygens (including phenoxy) is 1. The van der Waals surface area contributed by atoms with Crippen molar-refractivity contribution in [1.82, 2.24) is 0 Å². The maximum Gasteiger partial charge on any atom is 0.106 e. The largest absolute Gasteiger partial charge is 0.497 e. The minimum atomic E-state index is 0.672. The number of aryl methyl sites for hydroxylation is 1. The Morgan fingerprint density at radius 1 is 0.880 bits per heavy atom. The summed E-state index contributed by atoms with van der Waals surface area (Å²) in [6.45, 7) is 0.733. The van der Waals surface area contributed by atoms with E-state index >= 15 is 0 Å². The summed E-state index contributed by atoms with van der Waals surface area (Å²) in [7, 11) is 0. The molecule has 126 valence electrons. The number of alkyl halides is 1. The lowest BCUT2D eigenvalue weighted by molar-refractivity contribution is 0.286. The van der Waals surface area contributed by atoms with Crippen molar-refractivity contribution in [2.24, 2.45) is 0 Å². The van der Waals surface area contributed by atoms with Crippen LogP contribution in [-0.4, -0.2) is 6.61 Å². The molecule has 5 rings (SSSR count). The predicted molar refractivity (Wildman–Crippen MR) is 115 cm³/mol. The van der Waals surface area contributed by atoms with Crippen LogP contribution in [0.25, 0.3) is 21.5 Å². The summed E-state index contributed by atoms with van der Waals surface area (Å²) >= 11 is 2.62. The first-order chi connectivity index (χ1) is 12.3. The van der Waals surface area contributed by atoms with E-state index in [2.05, 4.69) is 71.1 Å². The van der Waals surface area contributed by atoms with Crippen LogP contribution in [0.1, 0.15) is 27.9 Å². The molecule has 0 radical (unpaired) electrons. The SMILES string of the molecule is C1=CCOC=C1.IC1CCCc2ccc3c(ccc4ccccc43)c21. The van der Waals surface area contributed by atoms with Crippen molar-refractivity contribution < 1.29 is 4.74 Å². The molecule has 3 aromatic rings. The third kappa shape index (κ3) is 3.45. The van der Waals surface area contributed by atoms with E-state index in [-0.39, 0.29) is 0 Å². The van der Waals surface area contributed by atoms with Crippen molar-refractivity contribution in [1.29, 1.82) is 0 Å². The van der Waals surface area contributed by atoms with E-state index in [4.69, 9.17) is 4.74 Å². The Morgan fingerprint density at radius 3 is 2.52 bits per heavy atom. The molecule has 1 atom stereocenters. The minimum Gasteiger partial charge on any atom is -0.497 e. The van der Waals surface area contributed by atoms with Crippen molar-refractivity contribution >= 4 is 44.1 Å². The van der Waals surface area contributed by atoms with Gasteiger partial charge in [-0.15, -0.1) is 0 Å². The molecule has 2 aliphatic rings. The van der Waals surface area contributed by atoms with E-state index < -0.39 is 0 Å². The van der Waals surface area contributed by atoms with Gasteiger partial charge in [-0.25, -0.2) is 0 Å². The maximum absolute atomic E-state index is 4.80. The number of benzene rings is 3. The van der Waals surface area contributed by atoms with E-state index in [1.165, 1.54) is 40.8 Å². The maximum atomic E-state index is 4.80. The van der Waals surface area contributed by atoms with Gasteiger partial charge >= 0.3 is 0 Å². The van der Waals surface area contributed by atoms with Gasteiger partial charge in [0, 0.05) is 3.92 Å².